The van der Waals surface area contributed by atoms with E-state index >= 15 is 0 Å². The van der Waals surface area contributed by atoms with E-state index < -0.39 is 24.8 Å². The first-order valence-corrected chi connectivity index (χ1v) is 7.18. The molecule has 0 aliphatic rings. The zero-order valence-corrected chi connectivity index (χ0v) is 12.7. The summed E-state index contributed by atoms with van der Waals surface area (Å²) in [6.07, 6.45) is -2.56. The number of hydrogen-bond donors (Lipinski definition) is 2. The first-order valence-electron chi connectivity index (χ1n) is 7.18. The van der Waals surface area contributed by atoms with Gasteiger partial charge in [0.1, 0.15) is 12.4 Å². The molecule has 5 nitrogen and oxygen atoms in total. The van der Waals surface area contributed by atoms with Crippen LogP contribution in [-0.4, -0.2) is 24.8 Å². The Bertz CT molecular complexity index is 693. The summed E-state index contributed by atoms with van der Waals surface area (Å²) in [5, 5.41) is 4.92. The monoisotopic (exact) mass is 334 g/mol. The Morgan fingerprint density at radius 3 is 2.46 bits per heavy atom. The van der Waals surface area contributed by atoms with Gasteiger partial charge < -0.3 is 15.4 Å². The highest BCUT2D eigenvalue weighted by atomic mass is 19.3. The Hall–Kier alpha value is -2.96. The van der Waals surface area contributed by atoms with Gasteiger partial charge in [0.15, 0.2) is 0 Å². The van der Waals surface area contributed by atoms with Crippen LogP contribution >= 0.6 is 0 Å². The molecule has 2 rings (SSSR count). The van der Waals surface area contributed by atoms with Gasteiger partial charge in [0.05, 0.1) is 0 Å². The number of alkyl halides is 2. The summed E-state index contributed by atoms with van der Waals surface area (Å²) in [4.78, 5) is 23.5. The molecular formula is C17H16F2N2O3. The summed E-state index contributed by atoms with van der Waals surface area (Å²) < 4.78 is 29.1. The molecule has 7 heteroatoms. The molecule has 2 aromatic carbocycles. The van der Waals surface area contributed by atoms with Crippen molar-refractivity contribution in [1.82, 2.24) is 5.32 Å². The summed E-state index contributed by atoms with van der Waals surface area (Å²) in [6.45, 7) is -0.623. The largest absolute Gasteiger partial charge is 0.488 e. The molecule has 2 N–H and O–H groups in total. The Labute approximate surface area is 137 Å². The molecule has 24 heavy (non-hydrogen) atoms. The Kier molecular flexibility index (Phi) is 6.24. The second kappa shape index (κ2) is 8.61. The maximum absolute atomic E-state index is 12.1. The van der Waals surface area contributed by atoms with Crippen LogP contribution in [0.25, 0.3) is 0 Å². The molecular weight excluding hydrogens is 318 g/mol. The number of nitrogens with one attached hydrogen (secondary N) is 2. The van der Waals surface area contributed by atoms with Crippen molar-refractivity contribution in [3.8, 4) is 5.75 Å². The maximum atomic E-state index is 12.1. The Morgan fingerprint density at radius 2 is 1.75 bits per heavy atom. The fraction of sp³-hybridized carbons (Fsp3) is 0.176. The third kappa shape index (κ3) is 5.68. The number of hydrogen-bond acceptors (Lipinski definition) is 3. The fourth-order valence-corrected chi connectivity index (χ4v) is 1.88. The number of carbonyl (C=O) groups is 2. The van der Waals surface area contributed by atoms with E-state index in [0.29, 0.717) is 11.3 Å². The molecule has 126 valence electrons. The van der Waals surface area contributed by atoms with Crippen LogP contribution in [0.4, 0.5) is 14.5 Å². The Balaban J connectivity index is 1.85. The number of amides is 2. The van der Waals surface area contributed by atoms with Crippen molar-refractivity contribution in [3.63, 3.8) is 0 Å². The molecule has 2 aromatic rings. The minimum atomic E-state index is -2.56. The average Bonchev–Trinajstić information content (AvgIpc) is 2.59. The van der Waals surface area contributed by atoms with Crippen molar-refractivity contribution in [1.29, 1.82) is 0 Å². The fourth-order valence-electron chi connectivity index (χ4n) is 1.88. The summed E-state index contributed by atoms with van der Waals surface area (Å²) in [7, 11) is 0. The van der Waals surface area contributed by atoms with Gasteiger partial charge in [-0.05, 0) is 29.8 Å². The van der Waals surface area contributed by atoms with Crippen molar-refractivity contribution >= 4 is 17.5 Å². The van der Waals surface area contributed by atoms with Crippen LogP contribution in [0.1, 0.15) is 5.56 Å². The molecule has 0 atom stereocenters. The van der Waals surface area contributed by atoms with Crippen LogP contribution in [-0.2, 0) is 16.1 Å². The molecule has 0 fully saturated rings. The predicted octanol–water partition coefficient (Wildman–Crippen LogP) is 2.59. The second-order valence-corrected chi connectivity index (χ2v) is 4.85. The smallest absolute Gasteiger partial charge is 0.313 e. The van der Waals surface area contributed by atoms with E-state index in [1.165, 1.54) is 12.1 Å². The molecule has 0 saturated heterocycles. The number of halogens is 2. The van der Waals surface area contributed by atoms with E-state index in [-0.39, 0.29) is 12.3 Å². The highest BCUT2D eigenvalue weighted by molar-refractivity contribution is 6.39. The summed E-state index contributed by atoms with van der Waals surface area (Å²) in [6, 6.07) is 14.9. The number of rotatable bonds is 6. The number of ether oxygens (including phenoxy) is 1. The molecule has 0 unspecified atom stereocenters. The summed E-state index contributed by atoms with van der Waals surface area (Å²) in [5.74, 6) is -1.31. The van der Waals surface area contributed by atoms with Crippen LogP contribution in [0, 0.1) is 0 Å². The quantitative estimate of drug-likeness (QED) is 0.798. The molecule has 0 spiro atoms. The average molecular weight is 334 g/mol. The van der Waals surface area contributed by atoms with Gasteiger partial charge in [-0.15, -0.1) is 0 Å². The molecule has 0 heterocycles. The van der Waals surface area contributed by atoms with Crippen LogP contribution in [0.2, 0.25) is 0 Å². The SMILES string of the molecule is O=C(NCc1cccc(OCC(F)F)c1)C(=O)Nc1ccccc1. The summed E-state index contributed by atoms with van der Waals surface area (Å²) in [5.41, 5.74) is 1.14. The van der Waals surface area contributed by atoms with Crippen molar-refractivity contribution < 1.29 is 23.1 Å². The summed E-state index contributed by atoms with van der Waals surface area (Å²) >= 11 is 0. The molecule has 0 saturated carbocycles. The molecule has 0 bridgehead atoms. The van der Waals surface area contributed by atoms with Crippen molar-refractivity contribution in [2.75, 3.05) is 11.9 Å². The highest BCUT2D eigenvalue weighted by Crippen LogP contribution is 2.14. The van der Waals surface area contributed by atoms with Crippen molar-refractivity contribution in [2.45, 2.75) is 13.0 Å². The maximum Gasteiger partial charge on any atom is 0.313 e. The standard InChI is InChI=1S/C17H16F2N2O3/c18-15(19)11-24-14-8-4-5-12(9-14)10-20-16(22)17(23)21-13-6-2-1-3-7-13/h1-9,15H,10-11H2,(H,20,22)(H,21,23). The number of benzene rings is 2. The van der Waals surface area contributed by atoms with Crippen molar-refractivity contribution in [2.24, 2.45) is 0 Å². The second-order valence-electron chi connectivity index (χ2n) is 4.85. The normalized spacial score (nSPS) is 10.3. The number of carbonyl (C=O) groups excluding carboxylic acids is 2. The predicted molar refractivity (Wildman–Crippen MR) is 84.9 cm³/mol. The van der Waals surface area contributed by atoms with Gasteiger partial charge >= 0.3 is 11.8 Å². The van der Waals surface area contributed by atoms with Crippen LogP contribution in [0.15, 0.2) is 54.6 Å². The van der Waals surface area contributed by atoms with E-state index in [4.69, 9.17) is 4.74 Å². The van der Waals surface area contributed by atoms with Gasteiger partial charge in [-0.3, -0.25) is 9.59 Å². The minimum Gasteiger partial charge on any atom is -0.488 e. The lowest BCUT2D eigenvalue weighted by Crippen LogP contribution is -2.34. The number of para-hydroxylation sites is 1. The minimum absolute atomic E-state index is 0.0763. The molecule has 2 amide bonds. The zero-order chi connectivity index (χ0) is 17.4. The van der Waals surface area contributed by atoms with Gasteiger partial charge in [0.2, 0.25) is 0 Å². The molecule has 0 aliphatic heterocycles. The molecule has 0 radical (unpaired) electrons. The first kappa shape index (κ1) is 17.4. The first-order chi connectivity index (χ1) is 11.5. The van der Waals surface area contributed by atoms with Crippen molar-refractivity contribution in [3.05, 3.63) is 60.2 Å². The van der Waals surface area contributed by atoms with Gasteiger partial charge in [-0.2, -0.15) is 0 Å². The molecule has 0 aliphatic carbocycles. The van der Waals surface area contributed by atoms with Crippen LogP contribution in [0.3, 0.4) is 0 Å². The van der Waals surface area contributed by atoms with Gasteiger partial charge in [0, 0.05) is 12.2 Å². The van der Waals surface area contributed by atoms with Crippen LogP contribution < -0.4 is 15.4 Å². The van der Waals surface area contributed by atoms with Gasteiger partial charge in [0.25, 0.3) is 6.43 Å². The molecule has 0 aromatic heterocycles. The van der Waals surface area contributed by atoms with E-state index in [2.05, 4.69) is 10.6 Å². The lowest BCUT2D eigenvalue weighted by atomic mass is 10.2. The van der Waals surface area contributed by atoms with E-state index in [1.54, 1.807) is 42.5 Å². The number of anilines is 1. The van der Waals surface area contributed by atoms with Gasteiger partial charge in [-0.1, -0.05) is 30.3 Å². The lowest BCUT2D eigenvalue weighted by molar-refractivity contribution is -0.136. The highest BCUT2D eigenvalue weighted by Gasteiger charge is 2.13. The van der Waals surface area contributed by atoms with E-state index in [0.717, 1.165) is 0 Å². The lowest BCUT2D eigenvalue weighted by Gasteiger charge is -2.09. The van der Waals surface area contributed by atoms with E-state index in [9.17, 15) is 18.4 Å². The third-order valence-electron chi connectivity index (χ3n) is 2.97. The third-order valence-corrected chi connectivity index (χ3v) is 2.97. The Morgan fingerprint density at radius 1 is 1.00 bits per heavy atom. The van der Waals surface area contributed by atoms with Gasteiger partial charge in [-0.25, -0.2) is 8.78 Å². The topological polar surface area (TPSA) is 67.4 Å². The zero-order valence-electron chi connectivity index (χ0n) is 12.7. The van der Waals surface area contributed by atoms with E-state index in [1.807, 2.05) is 0 Å². The van der Waals surface area contributed by atoms with Crippen LogP contribution in [0.5, 0.6) is 5.75 Å².